The fraction of sp³-hybridized carbons (Fsp3) is 0.682. The van der Waals surface area contributed by atoms with Gasteiger partial charge in [0.2, 0.25) is 5.91 Å². The molecular weight excluding hydrogens is 336 g/mol. The molecule has 150 valence electrons. The van der Waals surface area contributed by atoms with Gasteiger partial charge in [0.05, 0.1) is 0 Å². The van der Waals surface area contributed by atoms with Gasteiger partial charge in [-0.05, 0) is 57.3 Å². The van der Waals surface area contributed by atoms with Crippen molar-refractivity contribution < 1.29 is 4.79 Å². The van der Waals surface area contributed by atoms with E-state index in [-0.39, 0.29) is 5.91 Å². The van der Waals surface area contributed by atoms with Crippen LogP contribution in [-0.2, 0) is 11.3 Å². The van der Waals surface area contributed by atoms with Crippen molar-refractivity contribution in [2.45, 2.75) is 50.7 Å². The maximum absolute atomic E-state index is 12.7. The van der Waals surface area contributed by atoms with Crippen molar-refractivity contribution in [3.8, 4) is 0 Å². The second-order valence-electron chi connectivity index (χ2n) is 8.47. The molecule has 0 bridgehead atoms. The molecule has 1 aromatic carbocycles. The summed E-state index contributed by atoms with van der Waals surface area (Å²) in [5.74, 6) is 0.917. The SMILES string of the molecule is CN(CC1CCN(Cc2ccccc2)CC1)C(=O)C[C@@H]1CC[C@H](CN)N1C. The molecule has 0 unspecified atom stereocenters. The zero-order valence-electron chi connectivity index (χ0n) is 17.0. The molecular formula is C22H36N4O. The molecule has 5 nitrogen and oxygen atoms in total. The van der Waals surface area contributed by atoms with Gasteiger partial charge in [-0.1, -0.05) is 30.3 Å². The van der Waals surface area contributed by atoms with E-state index in [2.05, 4.69) is 47.2 Å². The lowest BCUT2D eigenvalue weighted by molar-refractivity contribution is -0.131. The predicted molar refractivity (Wildman–Crippen MR) is 110 cm³/mol. The molecule has 2 aliphatic heterocycles. The van der Waals surface area contributed by atoms with Crippen LogP contribution >= 0.6 is 0 Å². The first-order valence-corrected chi connectivity index (χ1v) is 10.5. The lowest BCUT2D eigenvalue weighted by atomic mass is 9.95. The Hall–Kier alpha value is -1.43. The topological polar surface area (TPSA) is 52.8 Å². The number of hydrogen-bond donors (Lipinski definition) is 1. The second-order valence-corrected chi connectivity index (χ2v) is 8.47. The van der Waals surface area contributed by atoms with E-state index in [4.69, 9.17) is 5.73 Å². The first kappa shape index (κ1) is 20.3. The number of likely N-dealkylation sites (N-methyl/N-ethyl adjacent to an activating group) is 1. The largest absolute Gasteiger partial charge is 0.345 e. The van der Waals surface area contributed by atoms with Gasteiger partial charge >= 0.3 is 0 Å². The van der Waals surface area contributed by atoms with Crippen molar-refractivity contribution in [2.24, 2.45) is 11.7 Å². The number of nitrogens with zero attached hydrogens (tertiary/aromatic N) is 3. The Kier molecular flexibility index (Phi) is 7.27. The minimum absolute atomic E-state index is 0.288. The van der Waals surface area contributed by atoms with Gasteiger partial charge in [-0.15, -0.1) is 0 Å². The third kappa shape index (κ3) is 5.53. The van der Waals surface area contributed by atoms with E-state index in [1.807, 2.05) is 11.9 Å². The summed E-state index contributed by atoms with van der Waals surface area (Å²) >= 11 is 0. The number of nitrogens with two attached hydrogens (primary N) is 1. The molecule has 0 aliphatic carbocycles. The van der Waals surface area contributed by atoms with E-state index in [1.165, 1.54) is 18.4 Å². The van der Waals surface area contributed by atoms with Crippen LogP contribution in [0.1, 0.15) is 37.7 Å². The van der Waals surface area contributed by atoms with Gasteiger partial charge in [0.15, 0.2) is 0 Å². The van der Waals surface area contributed by atoms with Crippen LogP contribution in [0.15, 0.2) is 30.3 Å². The lowest BCUT2D eigenvalue weighted by Gasteiger charge is -2.34. The number of amides is 1. The van der Waals surface area contributed by atoms with Crippen molar-refractivity contribution in [3.05, 3.63) is 35.9 Å². The first-order chi connectivity index (χ1) is 13.1. The Morgan fingerprint density at radius 1 is 1.11 bits per heavy atom. The molecule has 1 amide bonds. The second kappa shape index (κ2) is 9.67. The molecule has 27 heavy (non-hydrogen) atoms. The summed E-state index contributed by atoms with van der Waals surface area (Å²) in [7, 11) is 4.10. The standard InChI is InChI=1S/C22H36N4O/c1-24(22(27)14-20-8-9-21(15-23)25(20)2)16-19-10-12-26(13-11-19)17-18-6-4-3-5-7-18/h3-7,19-21H,8-17,23H2,1-2H3/t20-,21+/m0/s1. The zero-order valence-corrected chi connectivity index (χ0v) is 17.0. The number of benzene rings is 1. The van der Waals surface area contributed by atoms with E-state index >= 15 is 0 Å². The highest BCUT2D eigenvalue weighted by molar-refractivity contribution is 5.76. The smallest absolute Gasteiger partial charge is 0.223 e. The molecule has 2 aliphatic rings. The molecule has 0 saturated carbocycles. The van der Waals surface area contributed by atoms with E-state index in [0.29, 0.717) is 31.0 Å². The third-order valence-electron chi connectivity index (χ3n) is 6.58. The summed E-state index contributed by atoms with van der Waals surface area (Å²) in [6, 6.07) is 11.5. The number of likely N-dealkylation sites (tertiary alicyclic amines) is 2. The average Bonchev–Trinajstić information content (AvgIpc) is 3.03. The summed E-state index contributed by atoms with van der Waals surface area (Å²) in [4.78, 5) is 19.5. The quantitative estimate of drug-likeness (QED) is 0.797. The predicted octanol–water partition coefficient (Wildman–Crippen LogP) is 2.17. The van der Waals surface area contributed by atoms with E-state index in [0.717, 1.165) is 39.0 Å². The maximum Gasteiger partial charge on any atom is 0.223 e. The van der Waals surface area contributed by atoms with E-state index in [1.54, 1.807) is 0 Å². The van der Waals surface area contributed by atoms with Gasteiger partial charge in [0, 0.05) is 45.2 Å². The van der Waals surface area contributed by atoms with Crippen molar-refractivity contribution in [3.63, 3.8) is 0 Å². The minimum atomic E-state index is 0.288. The Balaban J connectivity index is 1.39. The van der Waals surface area contributed by atoms with Crippen molar-refractivity contribution in [2.75, 3.05) is 40.3 Å². The van der Waals surface area contributed by atoms with Gasteiger partial charge in [0.1, 0.15) is 0 Å². The summed E-state index contributed by atoms with van der Waals surface area (Å²) in [6.07, 6.45) is 5.22. The van der Waals surface area contributed by atoms with Gasteiger partial charge in [-0.3, -0.25) is 14.6 Å². The highest BCUT2D eigenvalue weighted by Crippen LogP contribution is 2.25. The molecule has 2 heterocycles. The number of rotatable bonds is 7. The van der Waals surface area contributed by atoms with Gasteiger partial charge in [-0.25, -0.2) is 0 Å². The van der Waals surface area contributed by atoms with Gasteiger partial charge in [0.25, 0.3) is 0 Å². The maximum atomic E-state index is 12.7. The van der Waals surface area contributed by atoms with E-state index < -0.39 is 0 Å². The first-order valence-electron chi connectivity index (χ1n) is 10.5. The van der Waals surface area contributed by atoms with Crippen LogP contribution in [-0.4, -0.2) is 73.0 Å². The van der Waals surface area contributed by atoms with Crippen LogP contribution < -0.4 is 5.73 Å². The summed E-state index contributed by atoms with van der Waals surface area (Å²) in [6.45, 7) is 4.89. The van der Waals surface area contributed by atoms with Crippen LogP contribution in [0.3, 0.4) is 0 Å². The third-order valence-corrected chi connectivity index (χ3v) is 6.58. The van der Waals surface area contributed by atoms with Crippen LogP contribution in [0.5, 0.6) is 0 Å². The fourth-order valence-corrected chi connectivity index (χ4v) is 4.64. The summed E-state index contributed by atoms with van der Waals surface area (Å²) in [5.41, 5.74) is 7.21. The van der Waals surface area contributed by atoms with Crippen molar-refractivity contribution in [1.29, 1.82) is 0 Å². The molecule has 2 N–H and O–H groups in total. The van der Waals surface area contributed by atoms with Crippen LogP contribution in [0.4, 0.5) is 0 Å². The Bertz CT molecular complexity index is 585. The minimum Gasteiger partial charge on any atom is -0.345 e. The fourth-order valence-electron chi connectivity index (χ4n) is 4.64. The molecule has 0 radical (unpaired) electrons. The Labute approximate surface area is 164 Å². The molecule has 2 atom stereocenters. The summed E-state index contributed by atoms with van der Waals surface area (Å²) < 4.78 is 0. The molecule has 3 rings (SSSR count). The lowest BCUT2D eigenvalue weighted by Crippen LogP contribution is -2.42. The number of hydrogen-bond acceptors (Lipinski definition) is 4. The molecule has 2 saturated heterocycles. The number of carbonyl (C=O) groups is 1. The van der Waals surface area contributed by atoms with Gasteiger partial charge < -0.3 is 10.6 Å². The monoisotopic (exact) mass is 372 g/mol. The molecule has 5 heteroatoms. The zero-order chi connectivity index (χ0) is 19.2. The Morgan fingerprint density at radius 2 is 1.78 bits per heavy atom. The molecule has 0 aromatic heterocycles. The van der Waals surface area contributed by atoms with Crippen LogP contribution in [0, 0.1) is 5.92 Å². The molecule has 2 fully saturated rings. The average molecular weight is 373 g/mol. The van der Waals surface area contributed by atoms with E-state index in [9.17, 15) is 4.79 Å². The summed E-state index contributed by atoms with van der Waals surface area (Å²) in [5, 5.41) is 0. The van der Waals surface area contributed by atoms with Crippen LogP contribution in [0.2, 0.25) is 0 Å². The normalized spacial score (nSPS) is 25.0. The Morgan fingerprint density at radius 3 is 2.41 bits per heavy atom. The van der Waals surface area contributed by atoms with Gasteiger partial charge in [-0.2, -0.15) is 0 Å². The van der Waals surface area contributed by atoms with Crippen molar-refractivity contribution >= 4 is 5.91 Å². The highest BCUT2D eigenvalue weighted by atomic mass is 16.2. The molecule has 0 spiro atoms. The van der Waals surface area contributed by atoms with Crippen LogP contribution in [0.25, 0.3) is 0 Å². The number of piperidine rings is 1. The highest BCUT2D eigenvalue weighted by Gasteiger charge is 2.32. The number of carbonyl (C=O) groups excluding carboxylic acids is 1. The van der Waals surface area contributed by atoms with Crippen molar-refractivity contribution in [1.82, 2.24) is 14.7 Å². The molecule has 1 aromatic rings.